The van der Waals surface area contributed by atoms with Crippen molar-refractivity contribution in [1.82, 2.24) is 9.55 Å². The smallest absolute Gasteiger partial charge is 0.203 e. The van der Waals surface area contributed by atoms with Crippen LogP contribution in [0.2, 0.25) is 0 Å². The van der Waals surface area contributed by atoms with Crippen LogP contribution < -0.4 is 5.32 Å². The first-order chi connectivity index (χ1) is 9.10. The molecule has 3 rings (SSSR count). The molecule has 0 amide bonds. The molecule has 1 aromatic heterocycles. The van der Waals surface area contributed by atoms with Gasteiger partial charge in [0.1, 0.15) is 5.60 Å². The summed E-state index contributed by atoms with van der Waals surface area (Å²) in [5.74, 6) is 0.772. The molecular weight excluding hydrogens is 242 g/mol. The largest absolute Gasteiger partial charge is 0.385 e. The highest BCUT2D eigenvalue weighted by molar-refractivity contribution is 5.78. The zero-order valence-electron chi connectivity index (χ0n) is 11.3. The standard InChI is InChI=1S/C14H19N3O2/c1-10-14(18,7-8-19-10)9-15-13-16-11-5-3-4-6-12(11)17(13)2/h3-6,10,18H,7-9H2,1-2H3,(H,15,16). The molecule has 2 heterocycles. The number of rotatable bonds is 3. The van der Waals surface area contributed by atoms with Gasteiger partial charge in [0, 0.05) is 26.6 Å². The first-order valence-electron chi connectivity index (χ1n) is 6.59. The van der Waals surface area contributed by atoms with E-state index in [4.69, 9.17) is 4.74 Å². The Kier molecular flexibility index (Phi) is 2.95. The van der Waals surface area contributed by atoms with Crippen molar-refractivity contribution >= 4 is 17.0 Å². The zero-order valence-corrected chi connectivity index (χ0v) is 11.3. The molecule has 0 spiro atoms. The van der Waals surface area contributed by atoms with Crippen LogP contribution in [0.15, 0.2) is 24.3 Å². The Balaban J connectivity index is 1.80. The molecule has 0 bridgehead atoms. The molecule has 2 atom stereocenters. The van der Waals surface area contributed by atoms with Crippen molar-refractivity contribution in [2.24, 2.45) is 7.05 Å². The number of nitrogens with zero attached hydrogens (tertiary/aromatic N) is 2. The number of aromatic nitrogens is 2. The van der Waals surface area contributed by atoms with E-state index in [1.165, 1.54) is 0 Å². The minimum absolute atomic E-state index is 0.144. The van der Waals surface area contributed by atoms with Gasteiger partial charge in [0.2, 0.25) is 5.95 Å². The minimum Gasteiger partial charge on any atom is -0.385 e. The third kappa shape index (κ3) is 2.09. The maximum atomic E-state index is 10.5. The van der Waals surface area contributed by atoms with Gasteiger partial charge in [-0.15, -0.1) is 0 Å². The number of hydrogen-bond donors (Lipinski definition) is 2. The summed E-state index contributed by atoms with van der Waals surface area (Å²) in [5.41, 5.74) is 1.22. The van der Waals surface area contributed by atoms with Crippen molar-refractivity contribution in [3.05, 3.63) is 24.3 Å². The molecule has 5 heteroatoms. The fourth-order valence-electron chi connectivity index (χ4n) is 2.54. The summed E-state index contributed by atoms with van der Waals surface area (Å²) in [6.07, 6.45) is 0.514. The van der Waals surface area contributed by atoms with Gasteiger partial charge in [-0.1, -0.05) is 12.1 Å². The average Bonchev–Trinajstić information content (AvgIpc) is 2.90. The van der Waals surface area contributed by atoms with Crippen molar-refractivity contribution in [1.29, 1.82) is 0 Å². The highest BCUT2D eigenvalue weighted by Gasteiger charge is 2.39. The second kappa shape index (κ2) is 4.51. The molecule has 1 aliphatic heterocycles. The second-order valence-electron chi connectivity index (χ2n) is 5.20. The topological polar surface area (TPSA) is 59.3 Å². The fraction of sp³-hybridized carbons (Fsp3) is 0.500. The first kappa shape index (κ1) is 12.4. The van der Waals surface area contributed by atoms with E-state index in [9.17, 15) is 5.11 Å². The summed E-state index contributed by atoms with van der Waals surface area (Å²) in [4.78, 5) is 4.53. The summed E-state index contributed by atoms with van der Waals surface area (Å²) in [6.45, 7) is 2.97. The summed E-state index contributed by atoms with van der Waals surface area (Å²) < 4.78 is 7.43. The number of aliphatic hydroxyl groups is 1. The van der Waals surface area contributed by atoms with E-state index in [0.29, 0.717) is 19.6 Å². The van der Waals surface area contributed by atoms with E-state index < -0.39 is 5.60 Å². The van der Waals surface area contributed by atoms with Crippen molar-refractivity contribution in [3.8, 4) is 0 Å². The maximum Gasteiger partial charge on any atom is 0.203 e. The number of aryl methyl sites for hydroxylation is 1. The lowest BCUT2D eigenvalue weighted by molar-refractivity contribution is -0.0177. The summed E-state index contributed by atoms with van der Waals surface area (Å²) in [6, 6.07) is 7.98. The van der Waals surface area contributed by atoms with Gasteiger partial charge in [-0.05, 0) is 19.1 Å². The Morgan fingerprint density at radius 2 is 2.32 bits per heavy atom. The summed E-state index contributed by atoms with van der Waals surface area (Å²) in [5, 5.41) is 13.7. The molecule has 2 N–H and O–H groups in total. The number of benzene rings is 1. The van der Waals surface area contributed by atoms with E-state index >= 15 is 0 Å². The van der Waals surface area contributed by atoms with Crippen LogP contribution in [0.4, 0.5) is 5.95 Å². The fourth-order valence-corrected chi connectivity index (χ4v) is 2.54. The second-order valence-corrected chi connectivity index (χ2v) is 5.20. The van der Waals surface area contributed by atoms with E-state index in [1.54, 1.807) is 0 Å². The number of fused-ring (bicyclic) bond motifs is 1. The Morgan fingerprint density at radius 1 is 1.53 bits per heavy atom. The van der Waals surface area contributed by atoms with Gasteiger partial charge < -0.3 is 19.7 Å². The molecule has 0 aliphatic carbocycles. The molecule has 2 aromatic rings. The third-order valence-corrected chi connectivity index (χ3v) is 4.00. The maximum absolute atomic E-state index is 10.5. The highest BCUT2D eigenvalue weighted by Crippen LogP contribution is 2.26. The molecule has 1 saturated heterocycles. The lowest BCUT2D eigenvalue weighted by atomic mass is 9.97. The monoisotopic (exact) mass is 261 g/mol. The van der Waals surface area contributed by atoms with E-state index in [0.717, 1.165) is 17.0 Å². The van der Waals surface area contributed by atoms with Crippen LogP contribution in [0, 0.1) is 0 Å². The van der Waals surface area contributed by atoms with Gasteiger partial charge in [0.15, 0.2) is 0 Å². The number of nitrogens with one attached hydrogen (secondary N) is 1. The number of para-hydroxylation sites is 2. The van der Waals surface area contributed by atoms with Crippen LogP contribution in [-0.4, -0.2) is 39.5 Å². The molecule has 1 aliphatic rings. The van der Waals surface area contributed by atoms with Crippen molar-refractivity contribution in [2.45, 2.75) is 25.0 Å². The molecular formula is C14H19N3O2. The predicted octanol–water partition coefficient (Wildman–Crippen LogP) is 1.53. The van der Waals surface area contributed by atoms with Crippen LogP contribution in [-0.2, 0) is 11.8 Å². The van der Waals surface area contributed by atoms with E-state index in [2.05, 4.69) is 10.3 Å². The highest BCUT2D eigenvalue weighted by atomic mass is 16.5. The lowest BCUT2D eigenvalue weighted by Crippen LogP contribution is -2.43. The van der Waals surface area contributed by atoms with E-state index in [1.807, 2.05) is 42.8 Å². The Labute approximate surface area is 112 Å². The van der Waals surface area contributed by atoms with Crippen LogP contribution in [0.3, 0.4) is 0 Å². The summed E-state index contributed by atoms with van der Waals surface area (Å²) in [7, 11) is 1.97. The SMILES string of the molecule is CC1OCCC1(O)CNc1nc2ccccc2n1C. The van der Waals surface area contributed by atoms with Crippen LogP contribution in [0.25, 0.3) is 11.0 Å². The first-order valence-corrected chi connectivity index (χ1v) is 6.59. The van der Waals surface area contributed by atoms with Gasteiger partial charge in [0.25, 0.3) is 0 Å². The predicted molar refractivity (Wildman–Crippen MR) is 74.2 cm³/mol. The molecule has 19 heavy (non-hydrogen) atoms. The van der Waals surface area contributed by atoms with Gasteiger partial charge in [-0.3, -0.25) is 0 Å². The molecule has 2 unspecified atom stereocenters. The molecule has 0 radical (unpaired) electrons. The number of anilines is 1. The minimum atomic E-state index is -0.807. The van der Waals surface area contributed by atoms with Gasteiger partial charge in [-0.25, -0.2) is 4.98 Å². The quantitative estimate of drug-likeness (QED) is 0.879. The number of imidazole rings is 1. The average molecular weight is 261 g/mol. The molecule has 102 valence electrons. The van der Waals surface area contributed by atoms with Gasteiger partial charge >= 0.3 is 0 Å². The molecule has 1 aromatic carbocycles. The van der Waals surface area contributed by atoms with Crippen molar-refractivity contribution in [2.75, 3.05) is 18.5 Å². The number of ether oxygens (including phenoxy) is 1. The molecule has 1 fully saturated rings. The number of hydrogen-bond acceptors (Lipinski definition) is 4. The van der Waals surface area contributed by atoms with Crippen molar-refractivity contribution in [3.63, 3.8) is 0 Å². The molecule has 5 nitrogen and oxygen atoms in total. The van der Waals surface area contributed by atoms with Gasteiger partial charge in [-0.2, -0.15) is 0 Å². The molecule has 0 saturated carbocycles. The Morgan fingerprint density at radius 3 is 3.00 bits per heavy atom. The van der Waals surface area contributed by atoms with Gasteiger partial charge in [0.05, 0.1) is 17.1 Å². The normalized spacial score (nSPS) is 27.0. The Bertz CT molecular complexity index is 595. The third-order valence-electron chi connectivity index (χ3n) is 4.00. The Hall–Kier alpha value is -1.59. The van der Waals surface area contributed by atoms with Crippen LogP contribution in [0.5, 0.6) is 0 Å². The van der Waals surface area contributed by atoms with Crippen LogP contribution in [0.1, 0.15) is 13.3 Å². The lowest BCUT2D eigenvalue weighted by Gasteiger charge is -2.26. The summed E-state index contributed by atoms with van der Waals surface area (Å²) >= 11 is 0. The zero-order chi connectivity index (χ0) is 13.5. The van der Waals surface area contributed by atoms with Crippen molar-refractivity contribution < 1.29 is 9.84 Å². The van der Waals surface area contributed by atoms with E-state index in [-0.39, 0.29) is 6.10 Å². The van der Waals surface area contributed by atoms with Crippen LogP contribution >= 0.6 is 0 Å².